The van der Waals surface area contributed by atoms with Gasteiger partial charge in [-0.2, -0.15) is 5.26 Å². The molecule has 156 valence electrons. The number of phenolic OH excluding ortho intramolecular Hbond substituents is 1. The van der Waals surface area contributed by atoms with Gasteiger partial charge in [-0.3, -0.25) is 4.79 Å². The van der Waals surface area contributed by atoms with Gasteiger partial charge in [0, 0.05) is 15.5 Å². The van der Waals surface area contributed by atoms with Crippen molar-refractivity contribution >= 4 is 57.5 Å². The van der Waals surface area contributed by atoms with E-state index < -0.39 is 11.9 Å². The minimum atomic E-state index is -0.711. The number of hydrogen-bond donors (Lipinski definition) is 2. The number of nitrogens with zero attached hydrogens (tertiary/aromatic N) is 1. The molecule has 2 N–H and O–H groups in total. The van der Waals surface area contributed by atoms with Crippen molar-refractivity contribution in [1.82, 2.24) is 0 Å². The number of anilines is 1. The number of fused-ring (bicyclic) bond motifs is 1. The van der Waals surface area contributed by atoms with Crippen LogP contribution in [0, 0.1) is 11.3 Å². The maximum Gasteiger partial charge on any atom is 0.341 e. The van der Waals surface area contributed by atoms with E-state index in [-0.39, 0.29) is 33.5 Å². The number of ether oxygens (including phenoxy) is 1. The van der Waals surface area contributed by atoms with Gasteiger partial charge in [0.1, 0.15) is 22.4 Å². The van der Waals surface area contributed by atoms with Crippen LogP contribution in [-0.4, -0.2) is 23.6 Å². The minimum Gasteiger partial charge on any atom is -0.506 e. The second-order valence-electron chi connectivity index (χ2n) is 6.58. The molecule has 1 heterocycles. The zero-order chi connectivity index (χ0) is 21.8. The molecule has 1 amide bonds. The number of thiophene rings is 1. The Hall–Kier alpha value is -2.53. The van der Waals surface area contributed by atoms with Crippen LogP contribution in [-0.2, 0) is 22.4 Å². The topological polar surface area (TPSA) is 99.4 Å². The number of carbonyl (C=O) groups excluding carboxylic acids is 2. The molecule has 0 unspecified atom stereocenters. The molecule has 3 rings (SSSR count). The number of nitrogens with one attached hydrogen (secondary N) is 1. The van der Waals surface area contributed by atoms with Crippen molar-refractivity contribution < 1.29 is 19.4 Å². The summed E-state index contributed by atoms with van der Waals surface area (Å²) in [5.41, 5.74) is 1.12. The molecule has 6 nitrogen and oxygen atoms in total. The molecule has 9 heteroatoms. The smallest absolute Gasteiger partial charge is 0.341 e. The summed E-state index contributed by atoms with van der Waals surface area (Å²) in [6, 6.07) is 4.55. The van der Waals surface area contributed by atoms with Crippen molar-refractivity contribution in [1.29, 1.82) is 5.26 Å². The third kappa shape index (κ3) is 4.62. The lowest BCUT2D eigenvalue weighted by atomic mass is 9.95. The number of phenols is 1. The van der Waals surface area contributed by atoms with E-state index in [9.17, 15) is 20.0 Å². The number of esters is 1. The van der Waals surface area contributed by atoms with E-state index in [1.165, 1.54) is 29.5 Å². The summed E-state index contributed by atoms with van der Waals surface area (Å²) in [4.78, 5) is 26.3. The third-order valence-corrected chi connectivity index (χ3v) is 6.31. The highest BCUT2D eigenvalue weighted by Gasteiger charge is 2.28. The summed E-state index contributed by atoms with van der Waals surface area (Å²) in [5.74, 6) is -1.49. The molecular formula is C21H18Cl2N2O4S. The number of nitriles is 1. The number of aromatic hydroxyl groups is 1. The van der Waals surface area contributed by atoms with Crippen LogP contribution >= 0.6 is 34.5 Å². The third-order valence-electron chi connectivity index (χ3n) is 4.60. The average Bonchev–Trinajstić information content (AvgIpc) is 3.07. The van der Waals surface area contributed by atoms with Crippen molar-refractivity contribution in [3.63, 3.8) is 0 Å². The molecule has 0 saturated heterocycles. The minimum absolute atomic E-state index is 0.00183. The Balaban J connectivity index is 1.96. The molecule has 0 bridgehead atoms. The number of benzene rings is 1. The fourth-order valence-electron chi connectivity index (χ4n) is 3.24. The zero-order valence-corrected chi connectivity index (χ0v) is 18.4. The number of rotatable bonds is 5. The molecule has 0 saturated carbocycles. The van der Waals surface area contributed by atoms with E-state index in [2.05, 4.69) is 5.32 Å². The summed E-state index contributed by atoms with van der Waals surface area (Å²) in [6.45, 7) is 1.93. The Morgan fingerprint density at radius 3 is 2.77 bits per heavy atom. The molecule has 1 aromatic heterocycles. The maximum absolute atomic E-state index is 12.8. The van der Waals surface area contributed by atoms with Crippen molar-refractivity contribution in [2.45, 2.75) is 32.6 Å². The van der Waals surface area contributed by atoms with Crippen LogP contribution in [0.15, 0.2) is 17.7 Å². The molecule has 0 aliphatic heterocycles. The summed E-state index contributed by atoms with van der Waals surface area (Å²) in [7, 11) is 0. The van der Waals surface area contributed by atoms with Gasteiger partial charge >= 0.3 is 5.97 Å². The Morgan fingerprint density at radius 1 is 1.33 bits per heavy atom. The second-order valence-corrected chi connectivity index (χ2v) is 8.53. The van der Waals surface area contributed by atoms with Gasteiger partial charge in [-0.05, 0) is 56.4 Å². The Labute approximate surface area is 187 Å². The number of carbonyl (C=O) groups is 2. The van der Waals surface area contributed by atoms with Gasteiger partial charge in [0.25, 0.3) is 5.91 Å². The van der Waals surface area contributed by atoms with Crippen LogP contribution in [0.2, 0.25) is 10.0 Å². The van der Waals surface area contributed by atoms with Gasteiger partial charge in [-0.25, -0.2) is 4.79 Å². The quantitative estimate of drug-likeness (QED) is 0.352. The molecule has 0 spiro atoms. The summed E-state index contributed by atoms with van der Waals surface area (Å²) >= 11 is 13.2. The van der Waals surface area contributed by atoms with Crippen molar-refractivity contribution in [2.24, 2.45) is 0 Å². The molecular weight excluding hydrogens is 447 g/mol. The number of hydrogen-bond acceptors (Lipinski definition) is 6. The molecule has 0 atom stereocenters. The van der Waals surface area contributed by atoms with Gasteiger partial charge in [-0.1, -0.05) is 23.2 Å². The van der Waals surface area contributed by atoms with E-state index >= 15 is 0 Å². The first-order chi connectivity index (χ1) is 14.3. The Morgan fingerprint density at radius 2 is 2.07 bits per heavy atom. The van der Waals surface area contributed by atoms with E-state index in [1.807, 2.05) is 6.07 Å². The zero-order valence-electron chi connectivity index (χ0n) is 16.1. The first-order valence-electron chi connectivity index (χ1n) is 9.28. The highest BCUT2D eigenvalue weighted by Crippen LogP contribution is 2.39. The van der Waals surface area contributed by atoms with Gasteiger partial charge in [-0.15, -0.1) is 11.3 Å². The molecule has 2 aromatic rings. The molecule has 1 aromatic carbocycles. The van der Waals surface area contributed by atoms with Crippen molar-refractivity contribution in [3.05, 3.63) is 49.3 Å². The molecule has 30 heavy (non-hydrogen) atoms. The normalized spacial score (nSPS) is 13.3. The standard InChI is InChI=1S/C21H18Cl2N2O4S/c1-2-29-21(28)17-14-5-3-4-6-16(14)30-20(17)25-19(27)12(10-24)7-11-8-13(22)9-15(23)18(11)26/h7-9,26H,2-6H2,1H3,(H,25,27). The van der Waals surface area contributed by atoms with Crippen LogP contribution in [0.1, 0.15) is 46.1 Å². The predicted molar refractivity (Wildman–Crippen MR) is 117 cm³/mol. The van der Waals surface area contributed by atoms with Crippen LogP contribution < -0.4 is 5.32 Å². The second kappa shape index (κ2) is 9.52. The van der Waals surface area contributed by atoms with E-state index in [0.29, 0.717) is 10.6 Å². The molecule has 1 aliphatic rings. The van der Waals surface area contributed by atoms with Crippen LogP contribution in [0.3, 0.4) is 0 Å². The average molecular weight is 465 g/mol. The summed E-state index contributed by atoms with van der Waals surface area (Å²) in [6.07, 6.45) is 4.74. The number of amides is 1. The summed E-state index contributed by atoms with van der Waals surface area (Å²) < 4.78 is 5.17. The number of aryl methyl sites for hydroxylation is 1. The maximum atomic E-state index is 12.8. The fourth-order valence-corrected chi connectivity index (χ4v) is 5.03. The van der Waals surface area contributed by atoms with E-state index in [1.54, 1.807) is 6.92 Å². The van der Waals surface area contributed by atoms with Crippen molar-refractivity contribution in [2.75, 3.05) is 11.9 Å². The number of halogens is 2. The highest BCUT2D eigenvalue weighted by atomic mass is 35.5. The van der Waals surface area contributed by atoms with Gasteiger partial charge in [0.2, 0.25) is 0 Å². The molecule has 1 aliphatic carbocycles. The predicted octanol–water partition coefficient (Wildman–Crippen LogP) is 5.36. The van der Waals surface area contributed by atoms with Gasteiger partial charge < -0.3 is 15.2 Å². The lowest BCUT2D eigenvalue weighted by molar-refractivity contribution is -0.112. The van der Waals surface area contributed by atoms with Gasteiger partial charge in [0.05, 0.1) is 17.2 Å². The van der Waals surface area contributed by atoms with E-state index in [4.69, 9.17) is 27.9 Å². The molecule has 0 radical (unpaired) electrons. The Bertz CT molecular complexity index is 1090. The summed E-state index contributed by atoms with van der Waals surface area (Å²) in [5, 5.41) is 22.8. The fraction of sp³-hybridized carbons (Fsp3) is 0.286. The Kier molecular flexibility index (Phi) is 7.03. The highest BCUT2D eigenvalue weighted by molar-refractivity contribution is 7.17. The first-order valence-corrected chi connectivity index (χ1v) is 10.9. The van der Waals surface area contributed by atoms with Crippen molar-refractivity contribution in [3.8, 4) is 11.8 Å². The van der Waals surface area contributed by atoms with Crippen LogP contribution in [0.4, 0.5) is 5.00 Å². The largest absolute Gasteiger partial charge is 0.506 e. The lowest BCUT2D eigenvalue weighted by Gasteiger charge is -2.12. The monoisotopic (exact) mass is 464 g/mol. The van der Waals surface area contributed by atoms with E-state index in [0.717, 1.165) is 36.1 Å². The van der Waals surface area contributed by atoms with Crippen LogP contribution in [0.25, 0.3) is 6.08 Å². The van der Waals surface area contributed by atoms with Crippen LogP contribution in [0.5, 0.6) is 5.75 Å². The molecule has 0 fully saturated rings. The first kappa shape index (κ1) is 22.2. The SMILES string of the molecule is CCOC(=O)c1c(NC(=O)C(C#N)=Cc2cc(Cl)cc(Cl)c2O)sc2c1CCCC2. The lowest BCUT2D eigenvalue weighted by Crippen LogP contribution is -2.16. The van der Waals surface area contributed by atoms with Gasteiger partial charge in [0.15, 0.2) is 0 Å².